The zero-order valence-corrected chi connectivity index (χ0v) is 12.3. The summed E-state index contributed by atoms with van der Waals surface area (Å²) in [4.78, 5) is 12.6. The SMILES string of the molecule is C=CCN(CCC(=O)O)c1cc(OC)c(Cl)cc1OC. The van der Waals surface area contributed by atoms with Gasteiger partial charge in [0.1, 0.15) is 11.5 Å². The van der Waals surface area contributed by atoms with E-state index in [0.29, 0.717) is 29.6 Å². The van der Waals surface area contributed by atoms with Gasteiger partial charge in [-0.1, -0.05) is 17.7 Å². The Morgan fingerprint density at radius 3 is 2.55 bits per heavy atom. The third-order valence-electron chi connectivity index (χ3n) is 2.74. The van der Waals surface area contributed by atoms with Gasteiger partial charge in [-0.05, 0) is 0 Å². The molecule has 5 nitrogen and oxygen atoms in total. The van der Waals surface area contributed by atoms with E-state index in [9.17, 15) is 4.79 Å². The van der Waals surface area contributed by atoms with Crippen LogP contribution < -0.4 is 14.4 Å². The van der Waals surface area contributed by atoms with Crippen molar-refractivity contribution in [3.8, 4) is 11.5 Å². The van der Waals surface area contributed by atoms with Crippen LogP contribution in [0.3, 0.4) is 0 Å². The van der Waals surface area contributed by atoms with Crippen LogP contribution >= 0.6 is 11.6 Å². The summed E-state index contributed by atoms with van der Waals surface area (Å²) in [5, 5.41) is 9.25. The fourth-order valence-electron chi connectivity index (χ4n) is 1.79. The van der Waals surface area contributed by atoms with Gasteiger partial charge < -0.3 is 19.5 Å². The number of hydrogen-bond acceptors (Lipinski definition) is 4. The Morgan fingerprint density at radius 1 is 1.40 bits per heavy atom. The number of methoxy groups -OCH3 is 2. The van der Waals surface area contributed by atoms with Crippen molar-refractivity contribution in [3.63, 3.8) is 0 Å². The molecule has 0 spiro atoms. The Morgan fingerprint density at radius 2 is 2.05 bits per heavy atom. The third kappa shape index (κ3) is 4.06. The van der Waals surface area contributed by atoms with Gasteiger partial charge in [-0.3, -0.25) is 4.79 Å². The molecule has 1 aromatic rings. The van der Waals surface area contributed by atoms with Crippen molar-refractivity contribution in [2.75, 3.05) is 32.2 Å². The predicted octanol–water partition coefficient (Wildman–Crippen LogP) is 2.82. The monoisotopic (exact) mass is 299 g/mol. The van der Waals surface area contributed by atoms with Crippen molar-refractivity contribution in [3.05, 3.63) is 29.8 Å². The second-order valence-corrected chi connectivity index (χ2v) is 4.44. The molecular formula is C14H18ClNO4. The molecule has 0 amide bonds. The number of carboxylic acid groups (broad SMARTS) is 1. The van der Waals surface area contributed by atoms with Crippen LogP contribution in [0.25, 0.3) is 0 Å². The summed E-state index contributed by atoms with van der Waals surface area (Å²) < 4.78 is 10.5. The van der Waals surface area contributed by atoms with E-state index in [1.165, 1.54) is 14.2 Å². The maximum Gasteiger partial charge on any atom is 0.305 e. The number of aliphatic carboxylic acids is 1. The first-order valence-electron chi connectivity index (χ1n) is 6.02. The van der Waals surface area contributed by atoms with Gasteiger partial charge in [0.15, 0.2) is 0 Å². The zero-order chi connectivity index (χ0) is 15.1. The highest BCUT2D eigenvalue weighted by molar-refractivity contribution is 6.32. The number of rotatable bonds is 8. The van der Waals surface area contributed by atoms with Crippen LogP contribution in [-0.2, 0) is 4.79 Å². The van der Waals surface area contributed by atoms with E-state index >= 15 is 0 Å². The van der Waals surface area contributed by atoms with E-state index < -0.39 is 5.97 Å². The lowest BCUT2D eigenvalue weighted by atomic mass is 10.2. The molecule has 1 N–H and O–H groups in total. The van der Waals surface area contributed by atoms with Crippen molar-refractivity contribution in [2.24, 2.45) is 0 Å². The maximum absolute atomic E-state index is 10.7. The lowest BCUT2D eigenvalue weighted by Gasteiger charge is -2.25. The molecule has 0 bridgehead atoms. The Balaban J connectivity index is 3.15. The van der Waals surface area contributed by atoms with E-state index in [4.69, 9.17) is 26.2 Å². The molecule has 0 aliphatic heterocycles. The van der Waals surface area contributed by atoms with Crippen molar-refractivity contribution >= 4 is 23.3 Å². The topological polar surface area (TPSA) is 59.0 Å². The Hall–Kier alpha value is -1.88. The van der Waals surface area contributed by atoms with Crippen molar-refractivity contribution in [1.82, 2.24) is 0 Å². The van der Waals surface area contributed by atoms with Crippen molar-refractivity contribution in [1.29, 1.82) is 0 Å². The van der Waals surface area contributed by atoms with Gasteiger partial charge >= 0.3 is 5.97 Å². The molecule has 0 fully saturated rings. The normalized spacial score (nSPS) is 9.95. The molecule has 6 heteroatoms. The third-order valence-corrected chi connectivity index (χ3v) is 3.03. The molecule has 0 saturated heterocycles. The lowest BCUT2D eigenvalue weighted by molar-refractivity contribution is -0.136. The van der Waals surface area contributed by atoms with Crippen LogP contribution in [0.4, 0.5) is 5.69 Å². The number of halogens is 1. The van der Waals surface area contributed by atoms with Crippen LogP contribution in [0.1, 0.15) is 6.42 Å². The summed E-state index contributed by atoms with van der Waals surface area (Å²) in [6.07, 6.45) is 1.71. The second-order valence-electron chi connectivity index (χ2n) is 4.04. The van der Waals surface area contributed by atoms with Gasteiger partial charge in [-0.25, -0.2) is 0 Å². The van der Waals surface area contributed by atoms with Crippen molar-refractivity contribution in [2.45, 2.75) is 6.42 Å². The van der Waals surface area contributed by atoms with Gasteiger partial charge in [0.25, 0.3) is 0 Å². The minimum atomic E-state index is -0.862. The molecule has 1 aromatic carbocycles. The fourth-order valence-corrected chi connectivity index (χ4v) is 2.02. The Bertz CT molecular complexity index is 490. The van der Waals surface area contributed by atoms with E-state index in [-0.39, 0.29) is 6.42 Å². The number of carboxylic acids is 1. The van der Waals surface area contributed by atoms with E-state index in [0.717, 1.165) is 5.69 Å². The van der Waals surface area contributed by atoms with Gasteiger partial charge in [0, 0.05) is 25.2 Å². The van der Waals surface area contributed by atoms with Crippen LogP contribution in [0.2, 0.25) is 5.02 Å². The van der Waals surface area contributed by atoms with E-state index in [1.54, 1.807) is 18.2 Å². The Kier molecular flexibility index (Phi) is 6.18. The largest absolute Gasteiger partial charge is 0.495 e. The number of ether oxygens (including phenoxy) is 2. The van der Waals surface area contributed by atoms with Gasteiger partial charge in [-0.15, -0.1) is 6.58 Å². The lowest BCUT2D eigenvalue weighted by Crippen LogP contribution is -2.26. The smallest absolute Gasteiger partial charge is 0.305 e. The van der Waals surface area contributed by atoms with Crippen LogP contribution in [0.5, 0.6) is 11.5 Å². The van der Waals surface area contributed by atoms with Crippen LogP contribution in [0, 0.1) is 0 Å². The zero-order valence-electron chi connectivity index (χ0n) is 11.6. The molecule has 0 heterocycles. The molecule has 0 aliphatic rings. The summed E-state index contributed by atoms with van der Waals surface area (Å²) in [6.45, 7) is 4.51. The van der Waals surface area contributed by atoms with E-state index in [1.807, 2.05) is 4.90 Å². The molecule has 0 aromatic heterocycles. The van der Waals surface area contributed by atoms with E-state index in [2.05, 4.69) is 6.58 Å². The number of benzene rings is 1. The Labute approximate surface area is 123 Å². The summed E-state index contributed by atoms with van der Waals surface area (Å²) in [5.74, 6) is 0.203. The highest BCUT2D eigenvalue weighted by atomic mass is 35.5. The fraction of sp³-hybridized carbons (Fsp3) is 0.357. The predicted molar refractivity (Wildman–Crippen MR) is 79.2 cm³/mol. The minimum absolute atomic E-state index is 0.0158. The van der Waals surface area contributed by atoms with Gasteiger partial charge in [-0.2, -0.15) is 0 Å². The average Bonchev–Trinajstić information content (AvgIpc) is 2.43. The molecule has 1 rings (SSSR count). The summed E-state index contributed by atoms with van der Waals surface area (Å²) in [6, 6.07) is 3.37. The van der Waals surface area contributed by atoms with Crippen molar-refractivity contribution < 1.29 is 19.4 Å². The second kappa shape index (κ2) is 7.65. The first kappa shape index (κ1) is 16.2. The maximum atomic E-state index is 10.7. The molecule has 0 unspecified atom stereocenters. The highest BCUT2D eigenvalue weighted by Gasteiger charge is 2.16. The minimum Gasteiger partial charge on any atom is -0.495 e. The van der Waals surface area contributed by atoms with Gasteiger partial charge in [0.2, 0.25) is 0 Å². The van der Waals surface area contributed by atoms with Crippen LogP contribution in [0.15, 0.2) is 24.8 Å². The first-order chi connectivity index (χ1) is 9.53. The molecule has 0 radical (unpaired) electrons. The summed E-state index contributed by atoms with van der Waals surface area (Å²) in [5.41, 5.74) is 0.718. The molecular weight excluding hydrogens is 282 g/mol. The number of nitrogens with zero attached hydrogens (tertiary/aromatic N) is 1. The van der Waals surface area contributed by atoms with Crippen LogP contribution in [-0.4, -0.2) is 38.4 Å². The first-order valence-corrected chi connectivity index (χ1v) is 6.40. The van der Waals surface area contributed by atoms with Gasteiger partial charge in [0.05, 0.1) is 31.4 Å². The average molecular weight is 300 g/mol. The molecule has 0 aliphatic carbocycles. The number of hydrogen-bond donors (Lipinski definition) is 1. The standard InChI is InChI=1S/C14H18ClNO4/c1-4-6-16(7-5-14(17)18)11-9-12(19-2)10(15)8-13(11)20-3/h4,8-9H,1,5-7H2,2-3H3,(H,17,18). The molecule has 0 atom stereocenters. The molecule has 110 valence electrons. The quantitative estimate of drug-likeness (QED) is 0.748. The number of anilines is 1. The number of carbonyl (C=O) groups is 1. The highest BCUT2D eigenvalue weighted by Crippen LogP contribution is 2.38. The molecule has 20 heavy (non-hydrogen) atoms. The summed E-state index contributed by atoms with van der Waals surface area (Å²) in [7, 11) is 3.05. The summed E-state index contributed by atoms with van der Waals surface area (Å²) >= 11 is 6.05. The molecule has 0 saturated carbocycles.